The van der Waals surface area contributed by atoms with Gasteiger partial charge in [-0.15, -0.1) is 0 Å². The van der Waals surface area contributed by atoms with Crippen LogP contribution in [-0.4, -0.2) is 20.0 Å². The first-order valence-corrected chi connectivity index (χ1v) is 12.5. The quantitative estimate of drug-likeness (QED) is 0.295. The molecule has 190 valence electrons. The van der Waals surface area contributed by atoms with Gasteiger partial charge in [-0.25, -0.2) is 0 Å². The number of benzene rings is 4. The molecule has 4 aromatic carbocycles. The highest BCUT2D eigenvalue weighted by molar-refractivity contribution is 5.85. The summed E-state index contributed by atoms with van der Waals surface area (Å²) < 4.78 is 18.2. The summed E-state index contributed by atoms with van der Waals surface area (Å²) >= 11 is 0. The van der Waals surface area contributed by atoms with Crippen molar-refractivity contribution < 1.29 is 14.2 Å². The smallest absolute Gasteiger partial charge is 0.205 e. The number of nitrogens with one attached hydrogen (secondary N) is 1. The first-order valence-electron chi connectivity index (χ1n) is 12.5. The predicted molar refractivity (Wildman–Crippen MR) is 148 cm³/mol. The molecule has 0 aliphatic carbocycles. The first-order chi connectivity index (χ1) is 18.5. The third-order valence-corrected chi connectivity index (χ3v) is 6.58. The summed E-state index contributed by atoms with van der Waals surface area (Å²) in [4.78, 5) is 1.98. The Kier molecular flexibility index (Phi) is 7.28. The molecular formula is C32H29N3O3. The zero-order chi connectivity index (χ0) is 26.5. The van der Waals surface area contributed by atoms with Gasteiger partial charge in [0, 0.05) is 43.4 Å². The summed E-state index contributed by atoms with van der Waals surface area (Å²) in [7, 11) is 3.91. The van der Waals surface area contributed by atoms with Crippen LogP contribution in [0.25, 0.3) is 0 Å². The van der Waals surface area contributed by atoms with E-state index in [2.05, 4.69) is 6.07 Å². The number of ether oxygens (including phenoxy) is 3. The van der Waals surface area contributed by atoms with Crippen molar-refractivity contribution in [3.8, 4) is 23.3 Å². The zero-order valence-corrected chi connectivity index (χ0v) is 21.4. The van der Waals surface area contributed by atoms with E-state index >= 15 is 0 Å². The van der Waals surface area contributed by atoms with Crippen LogP contribution in [0.4, 0.5) is 5.69 Å². The van der Waals surface area contributed by atoms with Crippen molar-refractivity contribution in [3.05, 3.63) is 119 Å². The third kappa shape index (κ3) is 5.47. The van der Waals surface area contributed by atoms with Gasteiger partial charge in [0.15, 0.2) is 0 Å². The minimum Gasteiger partial charge on any atom is -0.489 e. The van der Waals surface area contributed by atoms with Crippen molar-refractivity contribution in [3.63, 3.8) is 0 Å². The van der Waals surface area contributed by atoms with Crippen molar-refractivity contribution in [2.45, 2.75) is 19.1 Å². The van der Waals surface area contributed by atoms with Crippen LogP contribution in [0.15, 0.2) is 97.1 Å². The molecule has 4 aromatic rings. The molecule has 1 aliphatic rings. The minimum absolute atomic E-state index is 0.0664. The molecule has 1 N–H and O–H groups in total. The van der Waals surface area contributed by atoms with Crippen LogP contribution in [-0.2, 0) is 13.2 Å². The molecule has 0 spiro atoms. The lowest BCUT2D eigenvalue weighted by atomic mass is 9.79. The number of nitriles is 1. The summed E-state index contributed by atoms with van der Waals surface area (Å²) in [6, 6.07) is 33.9. The monoisotopic (exact) mass is 503 g/mol. The van der Waals surface area contributed by atoms with E-state index in [-0.39, 0.29) is 5.90 Å². The maximum absolute atomic E-state index is 10.1. The van der Waals surface area contributed by atoms with Gasteiger partial charge in [-0.1, -0.05) is 66.7 Å². The fourth-order valence-corrected chi connectivity index (χ4v) is 4.59. The average molecular weight is 504 g/mol. The largest absolute Gasteiger partial charge is 0.489 e. The molecule has 0 radical (unpaired) electrons. The molecule has 0 saturated heterocycles. The highest BCUT2D eigenvalue weighted by Crippen LogP contribution is 2.45. The van der Waals surface area contributed by atoms with E-state index in [0.29, 0.717) is 30.5 Å². The summed E-state index contributed by atoms with van der Waals surface area (Å²) in [6.07, 6.45) is 0. The van der Waals surface area contributed by atoms with E-state index in [4.69, 9.17) is 19.6 Å². The van der Waals surface area contributed by atoms with Crippen LogP contribution >= 0.6 is 0 Å². The molecule has 38 heavy (non-hydrogen) atoms. The van der Waals surface area contributed by atoms with Crippen LogP contribution < -0.4 is 19.1 Å². The number of anilines is 1. The van der Waals surface area contributed by atoms with Crippen molar-refractivity contribution >= 4 is 11.6 Å². The second kappa shape index (κ2) is 11.1. The third-order valence-electron chi connectivity index (χ3n) is 6.58. The summed E-state index contributed by atoms with van der Waals surface area (Å²) in [5.41, 5.74) is 4.74. The summed E-state index contributed by atoms with van der Waals surface area (Å²) in [5.74, 6) is 0.598. The Hall–Kier alpha value is -4.76. The Morgan fingerprint density at radius 2 is 1.39 bits per heavy atom. The maximum Gasteiger partial charge on any atom is 0.205 e. The van der Waals surface area contributed by atoms with Crippen LogP contribution in [0, 0.1) is 22.7 Å². The number of nitrogens with zero attached hydrogens (tertiary/aromatic N) is 2. The van der Waals surface area contributed by atoms with Gasteiger partial charge in [0.2, 0.25) is 5.90 Å². The van der Waals surface area contributed by atoms with Gasteiger partial charge < -0.3 is 19.1 Å². The van der Waals surface area contributed by atoms with E-state index in [1.165, 1.54) is 0 Å². The highest BCUT2D eigenvalue weighted by Gasteiger charge is 2.37. The van der Waals surface area contributed by atoms with Gasteiger partial charge in [-0.2, -0.15) is 5.26 Å². The Balaban J connectivity index is 1.54. The van der Waals surface area contributed by atoms with Crippen LogP contribution in [0.2, 0.25) is 0 Å². The Morgan fingerprint density at radius 3 is 1.92 bits per heavy atom. The molecular weight excluding hydrogens is 474 g/mol. The lowest BCUT2D eigenvalue weighted by Crippen LogP contribution is -2.31. The van der Waals surface area contributed by atoms with Gasteiger partial charge in [0.25, 0.3) is 0 Å². The molecule has 0 aromatic heterocycles. The molecule has 0 saturated carbocycles. The van der Waals surface area contributed by atoms with Crippen LogP contribution in [0.1, 0.15) is 28.2 Å². The normalized spacial score (nSPS) is 16.1. The molecule has 1 aliphatic heterocycles. The Bertz CT molecular complexity index is 1400. The van der Waals surface area contributed by atoms with Crippen LogP contribution in [0.5, 0.6) is 17.2 Å². The fraction of sp³-hybridized carbons (Fsp3) is 0.188. The molecule has 0 bridgehead atoms. The van der Waals surface area contributed by atoms with E-state index in [9.17, 15) is 5.26 Å². The fourth-order valence-electron chi connectivity index (χ4n) is 4.59. The highest BCUT2D eigenvalue weighted by atomic mass is 16.5. The number of fused-ring (bicyclic) bond motifs is 1. The summed E-state index contributed by atoms with van der Waals surface area (Å²) in [6.45, 7) is 0.799. The van der Waals surface area contributed by atoms with Gasteiger partial charge in [0.1, 0.15) is 36.4 Å². The number of rotatable bonds is 8. The van der Waals surface area contributed by atoms with Crippen LogP contribution in [0.3, 0.4) is 0 Å². The first kappa shape index (κ1) is 24.9. The van der Waals surface area contributed by atoms with Crippen molar-refractivity contribution in [2.24, 2.45) is 5.92 Å². The number of hydrogen-bond donors (Lipinski definition) is 1. The maximum atomic E-state index is 10.1. The Labute approximate surface area is 223 Å². The molecule has 6 heteroatoms. The lowest BCUT2D eigenvalue weighted by Gasteiger charge is -2.31. The van der Waals surface area contributed by atoms with E-state index in [1.807, 2.05) is 116 Å². The SMILES string of the molecule is CN(C)c1ccc2c(c1)OC(=N)C(C#N)C2c1cc(OCc2ccccc2)cc(OCc2ccccc2)c1. The van der Waals surface area contributed by atoms with E-state index in [0.717, 1.165) is 27.9 Å². The molecule has 5 rings (SSSR count). The molecule has 2 unspecified atom stereocenters. The standard InChI is InChI=1S/C32H29N3O3/c1-35(2)25-13-14-28-30(17-25)38-32(34)29(19-33)31(28)24-15-26(36-20-22-9-5-3-6-10-22)18-27(16-24)37-21-23-11-7-4-8-12-23/h3-18,29,31,34H,20-21H2,1-2H3. The van der Waals surface area contributed by atoms with E-state index < -0.39 is 11.8 Å². The topological polar surface area (TPSA) is 78.6 Å². The van der Waals surface area contributed by atoms with Gasteiger partial charge in [-0.3, -0.25) is 5.41 Å². The second-order valence-corrected chi connectivity index (χ2v) is 9.45. The van der Waals surface area contributed by atoms with Crippen molar-refractivity contribution in [2.75, 3.05) is 19.0 Å². The number of hydrogen-bond acceptors (Lipinski definition) is 6. The molecule has 0 fully saturated rings. The molecule has 6 nitrogen and oxygen atoms in total. The second-order valence-electron chi connectivity index (χ2n) is 9.45. The Morgan fingerprint density at radius 1 is 0.816 bits per heavy atom. The molecule has 1 heterocycles. The average Bonchev–Trinajstić information content (AvgIpc) is 2.95. The van der Waals surface area contributed by atoms with Gasteiger partial charge in [0.05, 0.1) is 6.07 Å². The van der Waals surface area contributed by atoms with Gasteiger partial charge >= 0.3 is 0 Å². The van der Waals surface area contributed by atoms with E-state index in [1.54, 1.807) is 0 Å². The lowest BCUT2D eigenvalue weighted by molar-refractivity contribution is 0.289. The van der Waals surface area contributed by atoms with Crippen molar-refractivity contribution in [1.29, 1.82) is 10.7 Å². The molecule has 2 atom stereocenters. The minimum atomic E-state index is -0.779. The van der Waals surface area contributed by atoms with Crippen molar-refractivity contribution in [1.82, 2.24) is 0 Å². The summed E-state index contributed by atoms with van der Waals surface area (Å²) in [5, 5.41) is 18.6. The molecule has 0 amide bonds. The van der Waals surface area contributed by atoms with Gasteiger partial charge in [-0.05, 0) is 34.9 Å². The zero-order valence-electron chi connectivity index (χ0n) is 21.4. The predicted octanol–water partition coefficient (Wildman–Crippen LogP) is 6.55.